The van der Waals surface area contributed by atoms with E-state index in [-0.39, 0.29) is 29.2 Å². The van der Waals surface area contributed by atoms with Crippen molar-refractivity contribution in [3.63, 3.8) is 0 Å². The number of benzene rings is 2. The van der Waals surface area contributed by atoms with E-state index in [4.69, 9.17) is 4.74 Å². The molecule has 0 atom stereocenters. The number of tetrazole rings is 1. The standard InChI is InChI=1S/C19H18FN5O5/c1-4-23(12-9-8-11(2)13(10-12)17(26)27)18(28)25-19(29)24(21-22-25)16-14(20)6-5-7-15(16)30-3/h5-10H,4H2,1-3H3,(H,26,27). The van der Waals surface area contributed by atoms with Crippen molar-refractivity contribution in [3.05, 3.63) is 63.8 Å². The first kappa shape index (κ1) is 20.7. The van der Waals surface area contributed by atoms with Crippen LogP contribution >= 0.6 is 0 Å². The van der Waals surface area contributed by atoms with E-state index in [1.54, 1.807) is 26.0 Å². The van der Waals surface area contributed by atoms with Crippen LogP contribution in [0.15, 0.2) is 41.2 Å². The van der Waals surface area contributed by atoms with Crippen molar-refractivity contribution in [2.24, 2.45) is 0 Å². The lowest BCUT2D eigenvalue weighted by Crippen LogP contribution is -2.41. The molecule has 30 heavy (non-hydrogen) atoms. The van der Waals surface area contributed by atoms with Gasteiger partial charge in [0.2, 0.25) is 0 Å². The number of carboxylic acid groups (broad SMARTS) is 1. The van der Waals surface area contributed by atoms with Crippen molar-refractivity contribution in [2.75, 3.05) is 18.6 Å². The van der Waals surface area contributed by atoms with Gasteiger partial charge in [0.1, 0.15) is 11.4 Å². The number of aromatic carboxylic acids is 1. The number of carboxylic acids is 1. The first-order valence-electron chi connectivity index (χ1n) is 8.83. The normalized spacial score (nSPS) is 10.7. The molecule has 1 heterocycles. The average molecular weight is 415 g/mol. The molecule has 0 aliphatic rings. The van der Waals surface area contributed by atoms with Gasteiger partial charge in [-0.05, 0) is 54.1 Å². The minimum absolute atomic E-state index is 0.0193. The van der Waals surface area contributed by atoms with Crippen LogP contribution in [0.4, 0.5) is 14.9 Å². The van der Waals surface area contributed by atoms with Crippen LogP contribution in [0.1, 0.15) is 22.8 Å². The highest BCUT2D eigenvalue weighted by molar-refractivity contribution is 5.96. The van der Waals surface area contributed by atoms with Crippen molar-refractivity contribution in [1.82, 2.24) is 19.8 Å². The van der Waals surface area contributed by atoms with Crippen LogP contribution in [0, 0.1) is 12.7 Å². The van der Waals surface area contributed by atoms with E-state index < -0.39 is 23.5 Å². The first-order chi connectivity index (χ1) is 14.3. The Morgan fingerprint density at radius 2 is 1.97 bits per heavy atom. The highest BCUT2D eigenvalue weighted by Crippen LogP contribution is 2.24. The van der Waals surface area contributed by atoms with E-state index in [0.29, 0.717) is 14.9 Å². The summed E-state index contributed by atoms with van der Waals surface area (Å²) in [7, 11) is 1.30. The van der Waals surface area contributed by atoms with Crippen LogP contribution in [0.25, 0.3) is 5.69 Å². The molecule has 3 rings (SSSR count). The Morgan fingerprint density at radius 3 is 2.60 bits per heavy atom. The van der Waals surface area contributed by atoms with E-state index in [2.05, 4.69) is 10.4 Å². The summed E-state index contributed by atoms with van der Waals surface area (Å²) in [5.74, 6) is -1.89. The predicted octanol–water partition coefficient (Wildman–Crippen LogP) is 2.08. The topological polar surface area (TPSA) is 120 Å². The van der Waals surface area contributed by atoms with E-state index in [0.717, 1.165) is 11.0 Å². The number of carbonyl (C=O) groups is 2. The van der Waals surface area contributed by atoms with Gasteiger partial charge >= 0.3 is 17.7 Å². The Kier molecular flexibility index (Phi) is 5.63. The molecule has 1 aromatic heterocycles. The number of halogens is 1. The molecule has 0 aliphatic carbocycles. The summed E-state index contributed by atoms with van der Waals surface area (Å²) in [5.41, 5.74) is -0.492. The zero-order chi connectivity index (χ0) is 22.0. The maximum absolute atomic E-state index is 14.3. The van der Waals surface area contributed by atoms with Gasteiger partial charge < -0.3 is 9.84 Å². The number of ether oxygens (including phenoxy) is 1. The summed E-state index contributed by atoms with van der Waals surface area (Å²) < 4.78 is 20.4. The lowest BCUT2D eigenvalue weighted by Gasteiger charge is -2.20. The maximum atomic E-state index is 14.3. The summed E-state index contributed by atoms with van der Waals surface area (Å²) >= 11 is 0. The number of hydrogen-bond donors (Lipinski definition) is 1. The molecule has 0 saturated heterocycles. The molecular formula is C19H18FN5O5. The maximum Gasteiger partial charge on any atom is 0.377 e. The lowest BCUT2D eigenvalue weighted by molar-refractivity contribution is 0.0696. The fraction of sp³-hybridized carbons (Fsp3) is 0.211. The summed E-state index contributed by atoms with van der Waals surface area (Å²) in [6.07, 6.45) is 0. The highest BCUT2D eigenvalue weighted by Gasteiger charge is 2.25. The van der Waals surface area contributed by atoms with Gasteiger partial charge in [0.05, 0.1) is 12.7 Å². The first-order valence-corrected chi connectivity index (χ1v) is 8.83. The zero-order valence-corrected chi connectivity index (χ0v) is 16.4. The predicted molar refractivity (Wildman–Crippen MR) is 104 cm³/mol. The highest BCUT2D eigenvalue weighted by atomic mass is 19.1. The molecule has 0 spiro atoms. The fourth-order valence-electron chi connectivity index (χ4n) is 2.92. The molecule has 3 aromatic rings. The van der Waals surface area contributed by atoms with Gasteiger partial charge in [-0.25, -0.2) is 18.8 Å². The molecule has 0 saturated carbocycles. The molecule has 1 amide bonds. The molecule has 0 unspecified atom stereocenters. The van der Waals surface area contributed by atoms with Crippen LogP contribution in [0.2, 0.25) is 0 Å². The third-order valence-electron chi connectivity index (χ3n) is 4.45. The summed E-state index contributed by atoms with van der Waals surface area (Å²) in [4.78, 5) is 38.3. The van der Waals surface area contributed by atoms with Gasteiger partial charge in [0.15, 0.2) is 5.82 Å². The second-order valence-corrected chi connectivity index (χ2v) is 6.21. The number of hydrogen-bond acceptors (Lipinski definition) is 6. The minimum atomic E-state index is -1.15. The third kappa shape index (κ3) is 3.52. The number of rotatable bonds is 5. The SMILES string of the molecule is CCN(C(=O)n1nnn(-c2c(F)cccc2OC)c1=O)c1ccc(C)c(C(=O)O)c1. The summed E-state index contributed by atoms with van der Waals surface area (Å²) in [6.45, 7) is 3.39. The number of nitrogens with zero attached hydrogens (tertiary/aromatic N) is 5. The molecule has 0 aliphatic heterocycles. The van der Waals surface area contributed by atoms with Crippen LogP contribution in [0.3, 0.4) is 0 Å². The van der Waals surface area contributed by atoms with Gasteiger partial charge in [-0.2, -0.15) is 4.68 Å². The Hall–Kier alpha value is -4.02. The van der Waals surface area contributed by atoms with Crippen LogP contribution < -0.4 is 15.3 Å². The number of methoxy groups -OCH3 is 1. The van der Waals surface area contributed by atoms with Crippen molar-refractivity contribution < 1.29 is 23.8 Å². The third-order valence-corrected chi connectivity index (χ3v) is 4.45. The number of aromatic nitrogens is 4. The molecule has 0 fully saturated rings. The second kappa shape index (κ2) is 8.15. The van der Waals surface area contributed by atoms with Gasteiger partial charge in [0, 0.05) is 12.2 Å². The number of amides is 1. The molecule has 156 valence electrons. The summed E-state index contributed by atoms with van der Waals surface area (Å²) in [6, 6.07) is 7.51. The van der Waals surface area contributed by atoms with Crippen LogP contribution in [0.5, 0.6) is 5.75 Å². The van der Waals surface area contributed by atoms with Crippen molar-refractivity contribution in [2.45, 2.75) is 13.8 Å². The Labute approximate surface area is 169 Å². The zero-order valence-electron chi connectivity index (χ0n) is 16.4. The number of carbonyl (C=O) groups excluding carboxylic acids is 1. The lowest BCUT2D eigenvalue weighted by atomic mass is 10.1. The molecule has 0 bridgehead atoms. The van der Waals surface area contributed by atoms with Gasteiger partial charge in [-0.15, -0.1) is 4.68 Å². The fourth-order valence-corrected chi connectivity index (χ4v) is 2.92. The average Bonchev–Trinajstić information content (AvgIpc) is 3.10. The molecule has 1 N–H and O–H groups in total. The molecule has 2 aromatic carbocycles. The van der Waals surface area contributed by atoms with E-state index in [9.17, 15) is 23.9 Å². The Balaban J connectivity index is 2.05. The molecular weight excluding hydrogens is 397 g/mol. The van der Waals surface area contributed by atoms with E-state index in [1.807, 2.05) is 0 Å². The van der Waals surface area contributed by atoms with Gasteiger partial charge in [0.25, 0.3) is 0 Å². The molecule has 0 radical (unpaired) electrons. The monoisotopic (exact) mass is 415 g/mol. The number of para-hydroxylation sites is 1. The Morgan fingerprint density at radius 1 is 1.23 bits per heavy atom. The second-order valence-electron chi connectivity index (χ2n) is 6.21. The van der Waals surface area contributed by atoms with E-state index >= 15 is 0 Å². The van der Waals surface area contributed by atoms with E-state index in [1.165, 1.54) is 25.3 Å². The van der Waals surface area contributed by atoms with Crippen molar-refractivity contribution >= 4 is 17.7 Å². The van der Waals surface area contributed by atoms with Gasteiger partial charge in [-0.1, -0.05) is 12.1 Å². The quantitative estimate of drug-likeness (QED) is 0.634. The minimum Gasteiger partial charge on any atom is -0.494 e. The summed E-state index contributed by atoms with van der Waals surface area (Å²) in [5, 5.41) is 16.5. The van der Waals surface area contributed by atoms with Crippen molar-refractivity contribution in [3.8, 4) is 11.4 Å². The van der Waals surface area contributed by atoms with Gasteiger partial charge in [-0.3, -0.25) is 4.90 Å². The largest absolute Gasteiger partial charge is 0.494 e. The Bertz CT molecular complexity index is 1190. The number of aryl methyl sites for hydroxylation is 1. The van der Waals surface area contributed by atoms with Crippen LogP contribution in [-0.4, -0.2) is 50.6 Å². The number of anilines is 1. The van der Waals surface area contributed by atoms with Crippen LogP contribution in [-0.2, 0) is 0 Å². The molecule has 11 heteroatoms. The van der Waals surface area contributed by atoms with Crippen molar-refractivity contribution in [1.29, 1.82) is 0 Å². The molecule has 10 nitrogen and oxygen atoms in total. The smallest absolute Gasteiger partial charge is 0.377 e.